The third-order valence-electron chi connectivity index (χ3n) is 7.54. The average molecular weight is 641 g/mol. The summed E-state index contributed by atoms with van der Waals surface area (Å²) in [5.74, 6) is 0.177. The van der Waals surface area contributed by atoms with E-state index in [0.717, 1.165) is 34.4 Å². The Morgan fingerprint density at radius 2 is 1.55 bits per heavy atom. The van der Waals surface area contributed by atoms with Gasteiger partial charge in [0.2, 0.25) is 0 Å². The first kappa shape index (κ1) is 31.4. The van der Waals surface area contributed by atoms with Gasteiger partial charge in [0.1, 0.15) is 17.6 Å². The van der Waals surface area contributed by atoms with Crippen molar-refractivity contribution in [2.24, 2.45) is 4.99 Å². The molecule has 10 heteroatoms. The highest BCUT2D eigenvalue weighted by Crippen LogP contribution is 2.46. The van der Waals surface area contributed by atoms with Crippen LogP contribution in [0.2, 0.25) is 10.0 Å². The number of benzene rings is 4. The van der Waals surface area contributed by atoms with Crippen LogP contribution in [0.25, 0.3) is 0 Å². The molecule has 1 heterocycles. The Morgan fingerprint density at radius 3 is 2.14 bits per heavy atom. The Morgan fingerprint density at radius 1 is 0.932 bits per heavy atom. The zero-order valence-electron chi connectivity index (χ0n) is 24.3. The van der Waals surface area contributed by atoms with Gasteiger partial charge in [0, 0.05) is 23.6 Å². The smallest absolute Gasteiger partial charge is 0.416 e. The second-order valence-electron chi connectivity index (χ2n) is 10.5. The van der Waals surface area contributed by atoms with E-state index >= 15 is 0 Å². The molecule has 0 aliphatic carbocycles. The zero-order chi connectivity index (χ0) is 31.6. The van der Waals surface area contributed by atoms with Crippen LogP contribution in [0, 0.1) is 6.92 Å². The molecule has 1 aliphatic rings. The molecule has 0 bridgehead atoms. The third kappa shape index (κ3) is 6.56. The van der Waals surface area contributed by atoms with E-state index < -0.39 is 23.8 Å². The van der Waals surface area contributed by atoms with E-state index in [4.69, 9.17) is 32.9 Å². The summed E-state index contributed by atoms with van der Waals surface area (Å²) in [6.45, 7) is 4.08. The molecule has 5 nitrogen and oxygen atoms in total. The van der Waals surface area contributed by atoms with Crippen LogP contribution in [0.15, 0.2) is 96.0 Å². The van der Waals surface area contributed by atoms with Gasteiger partial charge in [-0.1, -0.05) is 71.7 Å². The number of amidine groups is 1. The van der Waals surface area contributed by atoms with Crippen molar-refractivity contribution in [2.45, 2.75) is 38.7 Å². The Labute approximate surface area is 264 Å². The van der Waals surface area contributed by atoms with Crippen LogP contribution in [-0.2, 0) is 12.7 Å². The summed E-state index contributed by atoms with van der Waals surface area (Å²) in [6, 6.07) is 23.6. The number of ether oxygens (including phenoxy) is 1. The molecule has 0 fully saturated rings. The Balaban J connectivity index is 1.70. The van der Waals surface area contributed by atoms with E-state index in [1.54, 1.807) is 48.0 Å². The highest BCUT2D eigenvalue weighted by Gasteiger charge is 2.44. The first-order valence-corrected chi connectivity index (χ1v) is 14.8. The number of hydrogen-bond acceptors (Lipinski definition) is 3. The number of urea groups is 1. The van der Waals surface area contributed by atoms with Gasteiger partial charge in [0.15, 0.2) is 0 Å². The van der Waals surface area contributed by atoms with Gasteiger partial charge in [-0.3, -0.25) is 9.89 Å². The number of rotatable bonds is 7. The number of nitrogens with zero attached hydrogens (tertiary/aromatic N) is 3. The molecular formula is C34H30Cl2F3N3O2. The maximum absolute atomic E-state index is 14.5. The van der Waals surface area contributed by atoms with Crippen molar-refractivity contribution in [3.05, 3.63) is 134 Å². The predicted octanol–water partition coefficient (Wildman–Crippen LogP) is 9.52. The molecule has 5 rings (SSSR count). The fourth-order valence-electron chi connectivity index (χ4n) is 5.31. The third-order valence-corrected chi connectivity index (χ3v) is 8.04. The van der Waals surface area contributed by atoms with Gasteiger partial charge < -0.3 is 9.64 Å². The molecule has 0 radical (unpaired) electrons. The largest absolute Gasteiger partial charge is 0.493 e. The normalized spacial score (nSPS) is 16.5. The molecule has 0 saturated heterocycles. The van der Waals surface area contributed by atoms with Crippen LogP contribution in [0.4, 0.5) is 18.0 Å². The molecule has 4 aromatic rings. The predicted molar refractivity (Wildman–Crippen MR) is 167 cm³/mol. The van der Waals surface area contributed by atoms with Crippen LogP contribution < -0.4 is 4.74 Å². The van der Waals surface area contributed by atoms with Crippen molar-refractivity contribution in [2.75, 3.05) is 13.7 Å². The van der Waals surface area contributed by atoms with Gasteiger partial charge in [-0.2, -0.15) is 13.2 Å². The second kappa shape index (κ2) is 12.9. The Kier molecular flexibility index (Phi) is 9.23. The van der Waals surface area contributed by atoms with Crippen LogP contribution in [-0.4, -0.2) is 35.3 Å². The molecule has 0 spiro atoms. The highest BCUT2D eigenvalue weighted by atomic mass is 35.5. The van der Waals surface area contributed by atoms with E-state index in [2.05, 4.69) is 0 Å². The lowest BCUT2D eigenvalue weighted by atomic mass is 9.93. The number of hydrogen-bond donors (Lipinski definition) is 0. The maximum Gasteiger partial charge on any atom is 0.416 e. The van der Waals surface area contributed by atoms with E-state index in [1.165, 1.54) is 6.07 Å². The number of alkyl halides is 3. The zero-order valence-corrected chi connectivity index (χ0v) is 25.8. The number of carbonyl (C=O) groups excluding carboxylic acids is 1. The molecule has 0 saturated carbocycles. The first-order chi connectivity index (χ1) is 21.0. The van der Waals surface area contributed by atoms with E-state index in [1.807, 2.05) is 55.5 Å². The van der Waals surface area contributed by atoms with Crippen LogP contribution in [0.5, 0.6) is 5.75 Å². The van der Waals surface area contributed by atoms with Crippen molar-refractivity contribution >= 4 is 35.1 Å². The van der Waals surface area contributed by atoms with Crippen LogP contribution >= 0.6 is 23.2 Å². The van der Waals surface area contributed by atoms with E-state index in [0.29, 0.717) is 16.6 Å². The van der Waals surface area contributed by atoms with Crippen LogP contribution in [0.3, 0.4) is 0 Å². The summed E-state index contributed by atoms with van der Waals surface area (Å²) in [4.78, 5) is 22.7. The van der Waals surface area contributed by atoms with Crippen LogP contribution in [0.1, 0.15) is 52.4 Å². The van der Waals surface area contributed by atoms with Crippen molar-refractivity contribution in [3.8, 4) is 5.75 Å². The molecule has 4 aromatic carbocycles. The molecule has 44 heavy (non-hydrogen) atoms. The fraction of sp³-hybridized carbons (Fsp3) is 0.235. The van der Waals surface area contributed by atoms with Crippen molar-refractivity contribution in [1.29, 1.82) is 0 Å². The summed E-state index contributed by atoms with van der Waals surface area (Å²) in [5, 5.41) is 1.05. The Bertz CT molecular complexity index is 1670. The summed E-state index contributed by atoms with van der Waals surface area (Å²) >= 11 is 12.4. The Hall–Kier alpha value is -4.01. The molecule has 228 valence electrons. The summed E-state index contributed by atoms with van der Waals surface area (Å²) in [5.41, 5.74) is 2.92. The summed E-state index contributed by atoms with van der Waals surface area (Å²) < 4.78 is 46.9. The minimum Gasteiger partial charge on any atom is -0.493 e. The van der Waals surface area contributed by atoms with Gasteiger partial charge in [0.05, 0.1) is 23.8 Å². The van der Waals surface area contributed by atoms with Gasteiger partial charge in [0.25, 0.3) is 0 Å². The number of aliphatic imine (C=N–C) groups is 1. The molecule has 0 aromatic heterocycles. The van der Waals surface area contributed by atoms with Crippen molar-refractivity contribution in [1.82, 2.24) is 9.80 Å². The molecule has 2 atom stereocenters. The molecule has 1 aliphatic heterocycles. The van der Waals surface area contributed by atoms with Crippen molar-refractivity contribution in [3.63, 3.8) is 0 Å². The monoisotopic (exact) mass is 639 g/mol. The lowest BCUT2D eigenvalue weighted by molar-refractivity contribution is -0.137. The molecular weight excluding hydrogens is 610 g/mol. The summed E-state index contributed by atoms with van der Waals surface area (Å²) in [6.07, 6.45) is -4.58. The average Bonchev–Trinajstić information content (AvgIpc) is 3.38. The van der Waals surface area contributed by atoms with Gasteiger partial charge in [-0.15, -0.1) is 0 Å². The standard InChI is InChI=1S/C34H30Cl2F3N3O2/c1-4-44-29-19-25(34(37,38)39)13-18-28(29)32-40-30(22-9-14-26(35)15-10-22)31(23-11-16-27(36)17-12-23)42(32)33(43)41(3)20-24-8-6-5-7-21(24)2/h5-19,30-31H,4,20H2,1-3H3. The second-order valence-corrected chi connectivity index (χ2v) is 11.4. The maximum atomic E-state index is 14.5. The number of amides is 2. The lowest BCUT2D eigenvalue weighted by Crippen LogP contribution is -2.45. The molecule has 2 unspecified atom stereocenters. The molecule has 2 amide bonds. The van der Waals surface area contributed by atoms with E-state index in [-0.39, 0.29) is 29.8 Å². The van der Waals surface area contributed by atoms with Crippen molar-refractivity contribution < 1.29 is 22.7 Å². The highest BCUT2D eigenvalue weighted by molar-refractivity contribution is 6.30. The quantitative estimate of drug-likeness (QED) is 0.202. The number of aryl methyl sites for hydroxylation is 1. The first-order valence-electron chi connectivity index (χ1n) is 14.0. The lowest BCUT2D eigenvalue weighted by Gasteiger charge is -2.33. The number of halogens is 5. The minimum atomic E-state index is -4.58. The fourth-order valence-corrected chi connectivity index (χ4v) is 5.56. The minimum absolute atomic E-state index is 0.0213. The van der Waals surface area contributed by atoms with Gasteiger partial charge in [-0.05, 0) is 78.6 Å². The molecule has 0 N–H and O–H groups in total. The number of carbonyl (C=O) groups is 1. The van der Waals surface area contributed by atoms with Gasteiger partial charge >= 0.3 is 12.2 Å². The van der Waals surface area contributed by atoms with Gasteiger partial charge in [-0.25, -0.2) is 4.79 Å². The summed E-state index contributed by atoms with van der Waals surface area (Å²) in [7, 11) is 1.69. The SMILES string of the molecule is CCOc1cc(C(F)(F)F)ccc1C1=NC(c2ccc(Cl)cc2)C(c2ccc(Cl)cc2)N1C(=O)N(C)Cc1ccccc1C. The van der Waals surface area contributed by atoms with E-state index in [9.17, 15) is 18.0 Å². The topological polar surface area (TPSA) is 45.1 Å².